The highest BCUT2D eigenvalue weighted by Gasteiger charge is 2.35. The topological polar surface area (TPSA) is 109 Å². The average molecular weight is 518 g/mol. The quantitative estimate of drug-likeness (QED) is 0.140. The molecule has 4 N–H and O–H groups in total. The molecule has 1 amide bonds. The number of hydrogen-bond acceptors (Lipinski definition) is 4. The molecular formula is C25H16F6N4O2. The number of nitrogens with one attached hydrogen (secondary N) is 2. The third-order valence-corrected chi connectivity index (χ3v) is 4.76. The maximum Gasteiger partial charge on any atom is 0.417 e. The van der Waals surface area contributed by atoms with Crippen LogP contribution in [0, 0.1) is 17.3 Å². The van der Waals surface area contributed by atoms with Crippen molar-refractivity contribution in [2.24, 2.45) is 5.73 Å². The SMILES string of the molecule is N=C(N)CC(=O)c1cc(C#Cc2ccc(C(F)(F)F)c(C(=O)Nc3ccccn3)c2)cc(C(F)(F)F)c1. The van der Waals surface area contributed by atoms with Gasteiger partial charge in [0.15, 0.2) is 5.78 Å². The molecule has 6 nitrogen and oxygen atoms in total. The molecule has 2 aromatic carbocycles. The second-order valence-corrected chi connectivity index (χ2v) is 7.60. The summed E-state index contributed by atoms with van der Waals surface area (Å²) < 4.78 is 80.5. The Morgan fingerprint density at radius 3 is 2.22 bits per heavy atom. The Balaban J connectivity index is 2.04. The summed E-state index contributed by atoms with van der Waals surface area (Å²) in [4.78, 5) is 28.6. The van der Waals surface area contributed by atoms with Crippen molar-refractivity contribution >= 4 is 23.3 Å². The predicted molar refractivity (Wildman–Crippen MR) is 122 cm³/mol. The zero-order valence-electron chi connectivity index (χ0n) is 18.6. The number of aromatic nitrogens is 1. The van der Waals surface area contributed by atoms with E-state index in [0.717, 1.165) is 18.2 Å². The number of amides is 1. The fourth-order valence-electron chi connectivity index (χ4n) is 3.12. The Morgan fingerprint density at radius 1 is 0.919 bits per heavy atom. The van der Waals surface area contributed by atoms with Gasteiger partial charge in [-0.15, -0.1) is 0 Å². The lowest BCUT2D eigenvalue weighted by molar-refractivity contribution is -0.138. The number of benzene rings is 2. The molecule has 3 aromatic rings. The van der Waals surface area contributed by atoms with Crippen molar-refractivity contribution in [2.45, 2.75) is 18.8 Å². The number of hydrogen-bond donors (Lipinski definition) is 3. The van der Waals surface area contributed by atoms with Gasteiger partial charge < -0.3 is 11.1 Å². The molecule has 0 radical (unpaired) electrons. The van der Waals surface area contributed by atoms with Crippen LogP contribution in [-0.4, -0.2) is 22.5 Å². The number of Topliss-reactive ketones (excluding diaryl/α,β-unsaturated/α-hetero) is 1. The average Bonchev–Trinajstić information content (AvgIpc) is 2.81. The molecule has 0 saturated carbocycles. The molecule has 1 heterocycles. The molecule has 12 heteroatoms. The Labute approximate surface area is 206 Å². The molecular weight excluding hydrogens is 502 g/mol. The van der Waals surface area contributed by atoms with Crippen molar-refractivity contribution in [1.82, 2.24) is 4.98 Å². The van der Waals surface area contributed by atoms with Gasteiger partial charge in [0.25, 0.3) is 5.91 Å². The van der Waals surface area contributed by atoms with Crippen LogP contribution in [0.3, 0.4) is 0 Å². The first-order valence-corrected chi connectivity index (χ1v) is 10.3. The second kappa shape index (κ2) is 10.5. The standard InChI is InChI=1S/C25H16F6N4O2/c26-24(27,28)17-10-15(9-16(12-17)20(36)13-21(32)33)5-4-14-6-7-19(25(29,30)31)18(11-14)23(37)35-22-3-1-2-8-34-22/h1-3,6-12H,13H2,(H3,32,33)(H,34,35,37). The normalized spacial score (nSPS) is 11.3. The van der Waals surface area contributed by atoms with Gasteiger partial charge >= 0.3 is 12.4 Å². The van der Waals surface area contributed by atoms with Crippen LogP contribution in [0.25, 0.3) is 0 Å². The summed E-state index contributed by atoms with van der Waals surface area (Å²) in [5.74, 6) is 2.31. The van der Waals surface area contributed by atoms with Crippen molar-refractivity contribution in [3.8, 4) is 11.8 Å². The van der Waals surface area contributed by atoms with Gasteiger partial charge in [-0.25, -0.2) is 4.98 Å². The molecule has 0 aliphatic carbocycles. The Morgan fingerprint density at radius 2 is 1.62 bits per heavy atom. The minimum atomic E-state index is -4.88. The molecule has 1 aromatic heterocycles. The van der Waals surface area contributed by atoms with E-state index in [1.807, 2.05) is 0 Å². The molecule has 0 aliphatic heterocycles. The van der Waals surface area contributed by atoms with Gasteiger partial charge in [0.05, 0.1) is 28.9 Å². The van der Waals surface area contributed by atoms with Crippen LogP contribution < -0.4 is 11.1 Å². The fraction of sp³-hybridized carbons (Fsp3) is 0.120. The van der Waals surface area contributed by atoms with Gasteiger partial charge in [0.1, 0.15) is 5.82 Å². The Hall–Kier alpha value is -4.66. The number of ketones is 1. The molecule has 3 rings (SSSR count). The molecule has 190 valence electrons. The summed E-state index contributed by atoms with van der Waals surface area (Å²) in [6, 6.07) is 9.17. The highest BCUT2D eigenvalue weighted by atomic mass is 19.4. The van der Waals surface area contributed by atoms with Crippen molar-refractivity contribution in [2.75, 3.05) is 5.32 Å². The minimum absolute atomic E-state index is 0.00355. The lowest BCUT2D eigenvalue weighted by Crippen LogP contribution is -2.19. The van der Waals surface area contributed by atoms with E-state index in [2.05, 4.69) is 22.1 Å². The third kappa shape index (κ3) is 7.17. The van der Waals surface area contributed by atoms with Gasteiger partial charge in [-0.2, -0.15) is 26.3 Å². The first kappa shape index (κ1) is 26.9. The number of rotatable bonds is 5. The van der Waals surface area contributed by atoms with E-state index in [1.54, 1.807) is 6.07 Å². The number of nitrogens with two attached hydrogens (primary N) is 1. The van der Waals surface area contributed by atoms with E-state index in [-0.39, 0.29) is 16.9 Å². The molecule has 0 saturated heterocycles. The lowest BCUT2D eigenvalue weighted by atomic mass is 10.00. The second-order valence-electron chi connectivity index (χ2n) is 7.60. The van der Waals surface area contributed by atoms with Crippen LogP contribution in [0.15, 0.2) is 60.8 Å². The minimum Gasteiger partial charge on any atom is -0.387 e. The highest BCUT2D eigenvalue weighted by Crippen LogP contribution is 2.33. The highest BCUT2D eigenvalue weighted by molar-refractivity contribution is 6.08. The van der Waals surface area contributed by atoms with Crippen LogP contribution in [0.2, 0.25) is 0 Å². The molecule has 0 fully saturated rings. The first-order valence-electron chi connectivity index (χ1n) is 10.3. The van der Waals surface area contributed by atoms with Gasteiger partial charge in [0, 0.05) is 22.9 Å². The largest absolute Gasteiger partial charge is 0.417 e. The lowest BCUT2D eigenvalue weighted by Gasteiger charge is -2.13. The Bertz CT molecular complexity index is 1420. The molecule has 0 aliphatic rings. The first-order chi connectivity index (χ1) is 17.2. The van der Waals surface area contributed by atoms with Crippen molar-refractivity contribution in [3.63, 3.8) is 0 Å². The smallest absolute Gasteiger partial charge is 0.387 e. The summed E-state index contributed by atoms with van der Waals surface area (Å²) in [5, 5.41) is 9.42. The monoisotopic (exact) mass is 518 g/mol. The summed E-state index contributed by atoms with van der Waals surface area (Å²) in [6.45, 7) is 0. The number of carbonyl (C=O) groups excluding carboxylic acids is 2. The van der Waals surface area contributed by atoms with Crippen molar-refractivity contribution in [3.05, 3.63) is 94.2 Å². The number of anilines is 1. The molecule has 0 atom stereocenters. The number of nitrogens with zero attached hydrogens (tertiary/aromatic N) is 1. The maximum absolute atomic E-state index is 13.5. The number of halogens is 6. The third-order valence-electron chi connectivity index (χ3n) is 4.76. The maximum atomic E-state index is 13.5. The van der Waals surface area contributed by atoms with Gasteiger partial charge in [-0.05, 0) is 48.5 Å². The molecule has 0 unspecified atom stereocenters. The Kier molecular flexibility index (Phi) is 7.67. The van der Waals surface area contributed by atoms with Crippen molar-refractivity contribution in [1.29, 1.82) is 5.41 Å². The van der Waals surface area contributed by atoms with Crippen molar-refractivity contribution < 1.29 is 35.9 Å². The van der Waals surface area contributed by atoms with Gasteiger partial charge in [0.2, 0.25) is 0 Å². The molecule has 0 spiro atoms. The van der Waals surface area contributed by atoms with Crippen LogP contribution in [0.1, 0.15) is 49.4 Å². The summed E-state index contributed by atoms with van der Waals surface area (Å²) in [5.41, 5.74) is 1.19. The van der Waals surface area contributed by atoms with E-state index in [0.29, 0.717) is 18.2 Å². The fourth-order valence-corrected chi connectivity index (χ4v) is 3.12. The van der Waals surface area contributed by atoms with E-state index in [1.165, 1.54) is 18.3 Å². The van der Waals surface area contributed by atoms with Crippen LogP contribution in [0.4, 0.5) is 32.2 Å². The van der Waals surface area contributed by atoms with E-state index < -0.39 is 58.6 Å². The number of pyridine rings is 1. The van der Waals surface area contributed by atoms with Crippen LogP contribution >= 0.6 is 0 Å². The number of carbonyl (C=O) groups is 2. The summed E-state index contributed by atoms with van der Waals surface area (Å²) in [7, 11) is 0. The number of amidine groups is 1. The van der Waals surface area contributed by atoms with Crippen LogP contribution in [-0.2, 0) is 12.4 Å². The predicted octanol–water partition coefficient (Wildman–Crippen LogP) is 5.28. The van der Waals surface area contributed by atoms with E-state index >= 15 is 0 Å². The zero-order valence-corrected chi connectivity index (χ0v) is 18.6. The zero-order chi connectivity index (χ0) is 27.4. The van der Waals surface area contributed by atoms with E-state index in [4.69, 9.17) is 11.1 Å². The number of alkyl halides is 6. The molecule has 37 heavy (non-hydrogen) atoms. The van der Waals surface area contributed by atoms with Crippen LogP contribution in [0.5, 0.6) is 0 Å². The van der Waals surface area contributed by atoms with Gasteiger partial charge in [-0.1, -0.05) is 17.9 Å². The van der Waals surface area contributed by atoms with Gasteiger partial charge in [-0.3, -0.25) is 15.0 Å². The van der Waals surface area contributed by atoms with E-state index in [9.17, 15) is 35.9 Å². The molecule has 0 bridgehead atoms. The summed E-state index contributed by atoms with van der Waals surface area (Å²) in [6.07, 6.45) is -8.99. The summed E-state index contributed by atoms with van der Waals surface area (Å²) >= 11 is 0.